The molecule has 4 heteroatoms. The first-order valence-electron chi connectivity index (χ1n) is 8.42. The number of hydrogen-bond donors (Lipinski definition) is 2. The summed E-state index contributed by atoms with van der Waals surface area (Å²) in [6.45, 7) is 9.57. The number of carbonyl (C=O) groups excluding carboxylic acids is 1. The summed E-state index contributed by atoms with van der Waals surface area (Å²) in [4.78, 5) is 14.5. The Balaban J connectivity index is 1.59. The van der Waals surface area contributed by atoms with Crippen LogP contribution in [0.4, 0.5) is 0 Å². The molecule has 1 aliphatic heterocycles. The second kappa shape index (κ2) is 7.99. The van der Waals surface area contributed by atoms with Crippen LogP contribution in [0.1, 0.15) is 46.0 Å². The van der Waals surface area contributed by atoms with Gasteiger partial charge in [0.2, 0.25) is 5.91 Å². The van der Waals surface area contributed by atoms with E-state index in [1.54, 1.807) is 0 Å². The Bertz CT molecular complexity index is 298. The van der Waals surface area contributed by atoms with Gasteiger partial charge in [-0.15, -0.1) is 0 Å². The maximum absolute atomic E-state index is 12.0. The van der Waals surface area contributed by atoms with Gasteiger partial charge in [0.1, 0.15) is 0 Å². The summed E-state index contributed by atoms with van der Waals surface area (Å²) in [6.07, 6.45) is 5.89. The standard InChI is InChI=1S/C16H31N3O/c1-3-19(15-6-7-15)10-9-18-16(20)11-13(2)14-5-4-8-17-12-14/h13-15,17H,3-12H2,1-2H3,(H,18,20). The maximum atomic E-state index is 12.0. The number of piperidine rings is 1. The van der Waals surface area contributed by atoms with Crippen molar-refractivity contribution in [2.45, 2.75) is 52.0 Å². The third-order valence-electron chi connectivity index (χ3n) is 4.84. The first-order valence-corrected chi connectivity index (χ1v) is 8.42. The number of amides is 1. The average molecular weight is 281 g/mol. The number of nitrogens with one attached hydrogen (secondary N) is 2. The number of rotatable bonds is 8. The van der Waals surface area contributed by atoms with E-state index >= 15 is 0 Å². The van der Waals surface area contributed by atoms with Crippen molar-refractivity contribution in [3.05, 3.63) is 0 Å². The molecule has 0 aromatic heterocycles. The molecule has 2 unspecified atom stereocenters. The van der Waals surface area contributed by atoms with E-state index in [1.165, 1.54) is 25.7 Å². The molecular formula is C16H31N3O. The lowest BCUT2D eigenvalue weighted by molar-refractivity contribution is -0.122. The van der Waals surface area contributed by atoms with E-state index in [0.717, 1.165) is 38.8 Å². The highest BCUT2D eigenvalue weighted by atomic mass is 16.1. The lowest BCUT2D eigenvalue weighted by Crippen LogP contribution is -2.38. The maximum Gasteiger partial charge on any atom is 0.220 e. The van der Waals surface area contributed by atoms with Gasteiger partial charge in [-0.25, -0.2) is 0 Å². The Morgan fingerprint density at radius 2 is 2.20 bits per heavy atom. The molecule has 1 amide bonds. The highest BCUT2D eigenvalue weighted by Gasteiger charge is 2.27. The summed E-state index contributed by atoms with van der Waals surface area (Å²) in [7, 11) is 0. The van der Waals surface area contributed by atoms with Crippen LogP contribution in [-0.2, 0) is 4.79 Å². The van der Waals surface area contributed by atoms with Crippen LogP contribution in [0.25, 0.3) is 0 Å². The van der Waals surface area contributed by atoms with Crippen molar-refractivity contribution in [1.29, 1.82) is 0 Å². The average Bonchev–Trinajstić information content (AvgIpc) is 3.29. The van der Waals surface area contributed by atoms with Gasteiger partial charge < -0.3 is 10.6 Å². The van der Waals surface area contributed by atoms with Gasteiger partial charge in [-0.3, -0.25) is 9.69 Å². The summed E-state index contributed by atoms with van der Waals surface area (Å²) < 4.78 is 0. The zero-order chi connectivity index (χ0) is 14.4. The van der Waals surface area contributed by atoms with Gasteiger partial charge >= 0.3 is 0 Å². The van der Waals surface area contributed by atoms with E-state index in [2.05, 4.69) is 29.4 Å². The number of likely N-dealkylation sites (N-methyl/N-ethyl adjacent to an activating group) is 1. The Labute approximate surface area is 123 Å². The summed E-state index contributed by atoms with van der Waals surface area (Å²) >= 11 is 0. The third-order valence-corrected chi connectivity index (χ3v) is 4.84. The molecule has 0 aromatic rings. The van der Waals surface area contributed by atoms with Crippen LogP contribution >= 0.6 is 0 Å². The first kappa shape index (κ1) is 15.8. The minimum atomic E-state index is 0.231. The fraction of sp³-hybridized carbons (Fsp3) is 0.938. The van der Waals surface area contributed by atoms with E-state index in [9.17, 15) is 4.79 Å². The fourth-order valence-electron chi connectivity index (χ4n) is 3.27. The zero-order valence-electron chi connectivity index (χ0n) is 13.2. The van der Waals surface area contributed by atoms with Gasteiger partial charge in [0.25, 0.3) is 0 Å². The van der Waals surface area contributed by atoms with Crippen molar-refractivity contribution >= 4 is 5.91 Å². The summed E-state index contributed by atoms with van der Waals surface area (Å²) in [6, 6.07) is 0.795. The molecule has 1 aliphatic carbocycles. The monoisotopic (exact) mass is 281 g/mol. The fourth-order valence-corrected chi connectivity index (χ4v) is 3.27. The van der Waals surface area contributed by atoms with E-state index in [1.807, 2.05) is 0 Å². The Hall–Kier alpha value is -0.610. The SMILES string of the molecule is CCN(CCNC(=O)CC(C)C1CCCNC1)C1CC1. The molecule has 2 aliphatic rings. The van der Waals surface area contributed by atoms with Gasteiger partial charge in [-0.05, 0) is 57.2 Å². The van der Waals surface area contributed by atoms with Crippen molar-refractivity contribution < 1.29 is 4.79 Å². The lowest BCUT2D eigenvalue weighted by atomic mass is 9.85. The van der Waals surface area contributed by atoms with Crippen LogP contribution in [0.2, 0.25) is 0 Å². The van der Waals surface area contributed by atoms with Gasteiger partial charge in [-0.1, -0.05) is 13.8 Å². The first-order chi connectivity index (χ1) is 9.70. The van der Waals surface area contributed by atoms with Crippen molar-refractivity contribution in [2.24, 2.45) is 11.8 Å². The quantitative estimate of drug-likeness (QED) is 0.710. The highest BCUT2D eigenvalue weighted by molar-refractivity contribution is 5.76. The van der Waals surface area contributed by atoms with Gasteiger partial charge in [0.15, 0.2) is 0 Å². The molecule has 0 spiro atoms. The Morgan fingerprint density at radius 3 is 2.80 bits per heavy atom. The molecule has 0 aromatic carbocycles. The zero-order valence-corrected chi connectivity index (χ0v) is 13.2. The van der Waals surface area contributed by atoms with Crippen molar-refractivity contribution in [3.63, 3.8) is 0 Å². The normalized spacial score (nSPS) is 24.6. The molecule has 2 fully saturated rings. The van der Waals surface area contributed by atoms with Crippen LogP contribution in [0.15, 0.2) is 0 Å². The minimum absolute atomic E-state index is 0.231. The van der Waals surface area contributed by atoms with E-state index in [4.69, 9.17) is 0 Å². The van der Waals surface area contributed by atoms with Crippen LogP contribution in [0.5, 0.6) is 0 Å². The summed E-state index contributed by atoms with van der Waals surface area (Å²) in [5.74, 6) is 1.40. The van der Waals surface area contributed by atoms with Gasteiger partial charge in [0, 0.05) is 25.6 Å². The molecule has 2 N–H and O–H groups in total. The van der Waals surface area contributed by atoms with Crippen LogP contribution in [0.3, 0.4) is 0 Å². The largest absolute Gasteiger partial charge is 0.355 e. The van der Waals surface area contributed by atoms with E-state index in [-0.39, 0.29) is 5.91 Å². The smallest absolute Gasteiger partial charge is 0.220 e. The predicted octanol–water partition coefficient (Wildman–Crippen LogP) is 1.61. The number of nitrogens with zero attached hydrogens (tertiary/aromatic N) is 1. The molecule has 4 nitrogen and oxygen atoms in total. The molecule has 1 saturated carbocycles. The molecule has 2 rings (SSSR count). The molecule has 0 radical (unpaired) electrons. The molecule has 1 saturated heterocycles. The highest BCUT2D eigenvalue weighted by Crippen LogP contribution is 2.26. The molecular weight excluding hydrogens is 250 g/mol. The molecule has 116 valence electrons. The lowest BCUT2D eigenvalue weighted by Gasteiger charge is -2.28. The van der Waals surface area contributed by atoms with Gasteiger partial charge in [0.05, 0.1) is 0 Å². The van der Waals surface area contributed by atoms with Crippen molar-refractivity contribution in [1.82, 2.24) is 15.5 Å². The van der Waals surface area contributed by atoms with Crippen molar-refractivity contribution in [3.8, 4) is 0 Å². The van der Waals surface area contributed by atoms with Crippen molar-refractivity contribution in [2.75, 3.05) is 32.7 Å². The molecule has 20 heavy (non-hydrogen) atoms. The minimum Gasteiger partial charge on any atom is -0.355 e. The Kier molecular flexibility index (Phi) is 6.30. The second-order valence-corrected chi connectivity index (χ2v) is 6.50. The summed E-state index contributed by atoms with van der Waals surface area (Å²) in [5, 5.41) is 6.53. The summed E-state index contributed by atoms with van der Waals surface area (Å²) in [5.41, 5.74) is 0. The van der Waals surface area contributed by atoms with Crippen LogP contribution in [0, 0.1) is 11.8 Å². The van der Waals surface area contributed by atoms with Crippen LogP contribution < -0.4 is 10.6 Å². The van der Waals surface area contributed by atoms with Gasteiger partial charge in [-0.2, -0.15) is 0 Å². The van der Waals surface area contributed by atoms with E-state index in [0.29, 0.717) is 18.3 Å². The molecule has 1 heterocycles. The Morgan fingerprint density at radius 1 is 1.40 bits per heavy atom. The topological polar surface area (TPSA) is 44.4 Å². The molecule has 2 atom stereocenters. The number of carbonyl (C=O) groups is 1. The predicted molar refractivity (Wildman–Crippen MR) is 82.7 cm³/mol. The number of hydrogen-bond acceptors (Lipinski definition) is 3. The van der Waals surface area contributed by atoms with Crippen LogP contribution in [-0.4, -0.2) is 49.6 Å². The third kappa shape index (κ3) is 5.06. The second-order valence-electron chi connectivity index (χ2n) is 6.50. The van der Waals surface area contributed by atoms with E-state index < -0.39 is 0 Å². The molecule has 0 bridgehead atoms.